The van der Waals surface area contributed by atoms with E-state index >= 15 is 0 Å². The van der Waals surface area contributed by atoms with Gasteiger partial charge in [-0.05, 0) is 11.1 Å². The van der Waals surface area contributed by atoms with Crippen LogP contribution in [0.4, 0.5) is 0 Å². The van der Waals surface area contributed by atoms with Crippen LogP contribution >= 0.6 is 34.8 Å². The van der Waals surface area contributed by atoms with Crippen LogP contribution in [0.25, 0.3) is 0 Å². The third-order valence-electron chi connectivity index (χ3n) is 4.57. The minimum atomic E-state index is -3.35. The summed E-state index contributed by atoms with van der Waals surface area (Å²) in [5.74, 6) is -1.18. The molecule has 2 N–H and O–H groups in total. The van der Waals surface area contributed by atoms with E-state index in [1.54, 1.807) is 0 Å². The molecule has 0 radical (unpaired) electrons. The van der Waals surface area contributed by atoms with Gasteiger partial charge in [0.1, 0.15) is 0 Å². The summed E-state index contributed by atoms with van der Waals surface area (Å²) >= 11 is 16.9. The van der Waals surface area contributed by atoms with E-state index < -0.39 is 31.6 Å². The number of carbonyl (C=O) groups is 1. The minimum Gasteiger partial charge on any atom is -0.347 e. The van der Waals surface area contributed by atoms with Gasteiger partial charge in [-0.25, -0.2) is 8.42 Å². The average molecular weight is 462 g/mol. The fourth-order valence-electron chi connectivity index (χ4n) is 3.29. The Morgan fingerprint density at radius 2 is 1.36 bits per heavy atom. The lowest BCUT2D eigenvalue weighted by Crippen LogP contribution is -2.52. The zero-order chi connectivity index (χ0) is 20.4. The molecule has 2 aromatic carbocycles. The van der Waals surface area contributed by atoms with E-state index in [1.807, 2.05) is 60.7 Å². The first kappa shape index (κ1) is 21.4. The van der Waals surface area contributed by atoms with E-state index in [0.717, 1.165) is 11.1 Å². The average Bonchev–Trinajstić information content (AvgIpc) is 2.93. The number of benzene rings is 2. The number of nitrogens with one attached hydrogen (secondary N) is 2. The number of hydrogen-bond acceptors (Lipinski definition) is 4. The van der Waals surface area contributed by atoms with Crippen LogP contribution < -0.4 is 10.6 Å². The highest BCUT2D eigenvalue weighted by Crippen LogP contribution is 2.28. The maximum absolute atomic E-state index is 12.2. The summed E-state index contributed by atoms with van der Waals surface area (Å²) in [6.07, 6.45) is 0. The molecule has 5 nitrogen and oxygen atoms in total. The molecular formula is C19H19Cl3N2O3S. The second-order valence-corrected chi connectivity index (χ2v) is 11.1. The summed E-state index contributed by atoms with van der Waals surface area (Å²) in [5.41, 5.74) is 1.95. The Hall–Kier alpha value is -1.31. The van der Waals surface area contributed by atoms with Crippen molar-refractivity contribution in [3.05, 3.63) is 71.8 Å². The van der Waals surface area contributed by atoms with Gasteiger partial charge in [-0.1, -0.05) is 95.5 Å². The van der Waals surface area contributed by atoms with Crippen molar-refractivity contribution in [2.45, 2.75) is 21.9 Å². The molecule has 2 aromatic rings. The molecule has 9 heteroatoms. The van der Waals surface area contributed by atoms with E-state index in [2.05, 4.69) is 10.6 Å². The maximum Gasteiger partial charge on any atom is 0.272 e. The molecular weight excluding hydrogens is 443 g/mol. The van der Waals surface area contributed by atoms with Crippen molar-refractivity contribution in [3.63, 3.8) is 0 Å². The summed E-state index contributed by atoms with van der Waals surface area (Å²) in [6.45, 7) is 0. The van der Waals surface area contributed by atoms with Crippen molar-refractivity contribution in [1.82, 2.24) is 10.6 Å². The van der Waals surface area contributed by atoms with Gasteiger partial charge < -0.3 is 10.6 Å². The smallest absolute Gasteiger partial charge is 0.272 e. The molecule has 0 spiro atoms. The SMILES string of the molecule is O=C(N[C@H]1CS(=O)(=O)C[C@H]1NC(c1ccccc1)c1ccccc1)C(Cl)(Cl)Cl. The summed E-state index contributed by atoms with van der Waals surface area (Å²) in [5, 5.41) is 5.94. The standard InChI is InChI=1S/C19H19Cl3N2O3S/c20-19(21,22)18(25)24-16-12-28(26,27)11-15(16)23-17(13-7-3-1-4-8-13)14-9-5-2-6-10-14/h1-10,15-17,23H,11-12H2,(H,24,25)/t15-,16+/m1/s1. The molecule has 1 amide bonds. The van der Waals surface area contributed by atoms with Gasteiger partial charge in [-0.3, -0.25) is 4.79 Å². The number of halogens is 3. The number of carbonyl (C=O) groups excluding carboxylic acids is 1. The van der Waals surface area contributed by atoms with Gasteiger partial charge in [0, 0.05) is 6.04 Å². The molecule has 28 heavy (non-hydrogen) atoms. The van der Waals surface area contributed by atoms with E-state index in [9.17, 15) is 13.2 Å². The molecule has 1 heterocycles. The normalized spacial score (nSPS) is 21.6. The molecule has 0 bridgehead atoms. The van der Waals surface area contributed by atoms with E-state index in [1.165, 1.54) is 0 Å². The van der Waals surface area contributed by atoms with Crippen LogP contribution in [0.2, 0.25) is 0 Å². The number of amides is 1. The maximum atomic E-state index is 12.2. The Kier molecular flexibility index (Phi) is 6.57. The number of rotatable bonds is 5. The van der Waals surface area contributed by atoms with Crippen LogP contribution in [0, 0.1) is 0 Å². The van der Waals surface area contributed by atoms with Gasteiger partial charge in [-0.2, -0.15) is 0 Å². The highest BCUT2D eigenvalue weighted by Gasteiger charge is 2.42. The Balaban J connectivity index is 1.88. The van der Waals surface area contributed by atoms with Crippen molar-refractivity contribution < 1.29 is 13.2 Å². The molecule has 0 saturated carbocycles. The molecule has 1 aliphatic heterocycles. The van der Waals surface area contributed by atoms with Crippen molar-refractivity contribution >= 4 is 50.5 Å². The molecule has 1 fully saturated rings. The number of hydrogen-bond donors (Lipinski definition) is 2. The Morgan fingerprint density at radius 3 is 1.82 bits per heavy atom. The van der Waals surface area contributed by atoms with E-state index in [0.29, 0.717) is 0 Å². The van der Waals surface area contributed by atoms with Gasteiger partial charge >= 0.3 is 0 Å². The topological polar surface area (TPSA) is 75.3 Å². The highest BCUT2D eigenvalue weighted by atomic mass is 35.6. The largest absolute Gasteiger partial charge is 0.347 e. The first-order chi connectivity index (χ1) is 13.2. The Labute approximate surface area is 179 Å². The van der Waals surface area contributed by atoms with Crippen molar-refractivity contribution in [2.24, 2.45) is 0 Å². The monoisotopic (exact) mass is 460 g/mol. The van der Waals surface area contributed by atoms with Crippen LogP contribution in [-0.4, -0.2) is 41.7 Å². The van der Waals surface area contributed by atoms with Crippen LogP contribution in [0.5, 0.6) is 0 Å². The molecule has 2 atom stereocenters. The molecule has 0 unspecified atom stereocenters. The first-order valence-electron chi connectivity index (χ1n) is 8.60. The lowest BCUT2D eigenvalue weighted by molar-refractivity contribution is -0.120. The molecule has 3 rings (SSSR count). The molecule has 0 aromatic heterocycles. The van der Waals surface area contributed by atoms with Crippen molar-refractivity contribution in [1.29, 1.82) is 0 Å². The van der Waals surface area contributed by atoms with Crippen molar-refractivity contribution in [3.8, 4) is 0 Å². The second kappa shape index (κ2) is 8.59. The van der Waals surface area contributed by atoms with Gasteiger partial charge in [0.25, 0.3) is 9.70 Å². The van der Waals surface area contributed by atoms with E-state index in [4.69, 9.17) is 34.8 Å². The van der Waals surface area contributed by atoms with Crippen molar-refractivity contribution in [2.75, 3.05) is 11.5 Å². The molecule has 1 aliphatic rings. The van der Waals surface area contributed by atoms with E-state index in [-0.39, 0.29) is 17.5 Å². The third-order valence-corrected chi connectivity index (χ3v) is 6.82. The fraction of sp³-hybridized carbons (Fsp3) is 0.316. The second-order valence-electron chi connectivity index (χ2n) is 6.68. The summed E-state index contributed by atoms with van der Waals surface area (Å²) in [7, 11) is -3.35. The molecule has 0 aliphatic carbocycles. The predicted octanol–water partition coefficient (Wildman–Crippen LogP) is 3.02. The lowest BCUT2D eigenvalue weighted by atomic mass is 9.97. The van der Waals surface area contributed by atoms with Gasteiger partial charge in [-0.15, -0.1) is 0 Å². The third kappa shape index (κ3) is 5.39. The summed E-state index contributed by atoms with van der Waals surface area (Å²) in [6, 6.07) is 17.8. The van der Waals surface area contributed by atoms with Crippen LogP contribution in [-0.2, 0) is 14.6 Å². The summed E-state index contributed by atoms with van der Waals surface area (Å²) < 4.78 is 22.3. The number of alkyl halides is 3. The number of sulfone groups is 1. The zero-order valence-corrected chi connectivity index (χ0v) is 17.8. The predicted molar refractivity (Wildman–Crippen MR) is 113 cm³/mol. The minimum absolute atomic E-state index is 0.117. The zero-order valence-electron chi connectivity index (χ0n) is 14.7. The molecule has 1 saturated heterocycles. The summed E-state index contributed by atoms with van der Waals surface area (Å²) in [4.78, 5) is 12.1. The highest BCUT2D eigenvalue weighted by molar-refractivity contribution is 7.91. The molecule has 150 valence electrons. The van der Waals surface area contributed by atoms with Crippen LogP contribution in [0.3, 0.4) is 0 Å². The Morgan fingerprint density at radius 1 is 0.893 bits per heavy atom. The van der Waals surface area contributed by atoms with Crippen LogP contribution in [0.1, 0.15) is 17.2 Å². The lowest BCUT2D eigenvalue weighted by Gasteiger charge is -2.28. The quantitative estimate of drug-likeness (QED) is 0.671. The van der Waals surface area contributed by atoms with Gasteiger partial charge in [0.2, 0.25) is 0 Å². The Bertz CT molecular complexity index is 879. The van der Waals surface area contributed by atoms with Crippen LogP contribution in [0.15, 0.2) is 60.7 Å². The fourth-order valence-corrected chi connectivity index (χ4v) is 5.33. The van der Waals surface area contributed by atoms with Gasteiger partial charge in [0.15, 0.2) is 9.84 Å². The first-order valence-corrected chi connectivity index (χ1v) is 11.6. The van der Waals surface area contributed by atoms with Gasteiger partial charge in [0.05, 0.1) is 23.6 Å².